The molecule has 12 heteroatoms. The zero-order chi connectivity index (χ0) is 21.4. The molecular weight excluding hydrogens is 479 g/mol. The van der Waals surface area contributed by atoms with Crippen molar-refractivity contribution in [3.63, 3.8) is 0 Å². The quantitative estimate of drug-likeness (QED) is 0.267. The van der Waals surface area contributed by atoms with Crippen LogP contribution in [0.25, 0.3) is 0 Å². The van der Waals surface area contributed by atoms with Crippen molar-refractivity contribution in [2.45, 2.75) is 14.9 Å². The first-order valence-electron chi connectivity index (χ1n) is 8.03. The number of carbonyl (C=O) groups excluding carboxylic acids is 1. The summed E-state index contributed by atoms with van der Waals surface area (Å²) in [6.45, 7) is -0.277. The fourth-order valence-corrected chi connectivity index (χ4v) is 3.01. The van der Waals surface area contributed by atoms with E-state index in [2.05, 4.69) is 16.0 Å². The van der Waals surface area contributed by atoms with Crippen molar-refractivity contribution in [2.75, 3.05) is 11.9 Å². The van der Waals surface area contributed by atoms with Gasteiger partial charge < -0.3 is 20.7 Å². The molecule has 0 aromatic heterocycles. The van der Waals surface area contributed by atoms with E-state index in [-0.39, 0.29) is 11.7 Å². The maximum atomic E-state index is 12.2. The Bertz CT molecular complexity index is 864. The predicted octanol–water partition coefficient (Wildman–Crippen LogP) is 2.85. The second kappa shape index (κ2) is 11.0. The van der Waals surface area contributed by atoms with E-state index >= 15 is 0 Å². The van der Waals surface area contributed by atoms with Crippen molar-refractivity contribution >= 4 is 74.7 Å². The summed E-state index contributed by atoms with van der Waals surface area (Å²) >= 11 is 23.0. The number of alkyl halides is 3. The molecule has 1 amide bonds. The Balaban J connectivity index is 1.92. The Kier molecular flexibility index (Phi) is 8.94. The topological polar surface area (TPSA) is 105 Å². The first-order chi connectivity index (χ1) is 13.6. The highest BCUT2D eigenvalue weighted by Crippen LogP contribution is 2.29. The summed E-state index contributed by atoms with van der Waals surface area (Å²) in [6, 6.07) is 15.2. The summed E-state index contributed by atoms with van der Waals surface area (Å²) in [5, 5.41) is 13.5. The van der Waals surface area contributed by atoms with Gasteiger partial charge in [-0.1, -0.05) is 53.0 Å². The molecule has 0 bridgehead atoms. The highest BCUT2D eigenvalue weighted by atomic mass is 35.6. The maximum Gasteiger partial charge on any atom is 0.259 e. The van der Waals surface area contributed by atoms with Gasteiger partial charge in [0.1, 0.15) is 22.9 Å². The minimum atomic E-state index is -1.89. The smallest absolute Gasteiger partial charge is 0.259 e. The molecule has 29 heavy (non-hydrogen) atoms. The van der Waals surface area contributed by atoms with Gasteiger partial charge in [-0.2, -0.15) is 0 Å². The molecule has 5 N–H and O–H groups in total. The van der Waals surface area contributed by atoms with Gasteiger partial charge in [0, 0.05) is 5.69 Å². The van der Waals surface area contributed by atoms with Crippen LogP contribution >= 0.6 is 47.0 Å². The lowest BCUT2D eigenvalue weighted by Gasteiger charge is -2.27. The third-order valence-electron chi connectivity index (χ3n) is 3.37. The summed E-state index contributed by atoms with van der Waals surface area (Å²) in [6.07, 6.45) is -1.13. The van der Waals surface area contributed by atoms with Gasteiger partial charge in [0.25, 0.3) is 5.91 Å². The Hall–Kier alpha value is -1.62. The van der Waals surface area contributed by atoms with E-state index in [4.69, 9.17) is 56.9 Å². The van der Waals surface area contributed by atoms with E-state index in [1.807, 2.05) is 6.07 Å². The van der Waals surface area contributed by atoms with Crippen molar-refractivity contribution in [1.82, 2.24) is 10.6 Å². The van der Waals surface area contributed by atoms with E-state index in [1.54, 1.807) is 48.5 Å². The van der Waals surface area contributed by atoms with Crippen molar-refractivity contribution in [3.05, 3.63) is 54.6 Å². The standard InChI is InChI=1S/C17H17Cl3N4O3S2/c18-17(19,20)15(23-14(25)10-27-12-4-2-1-3-5-12)24-16(28)22-11-6-8-13(9-7-11)29(21)26/h1-9,15H,10,21H2,(H,23,25)(H2,22,24,28)/t15-,29-/m0/s1. The molecule has 0 heterocycles. The fourth-order valence-electron chi connectivity index (χ4n) is 2.04. The van der Waals surface area contributed by atoms with Crippen LogP contribution in [0.3, 0.4) is 0 Å². The molecular formula is C17H17Cl3N4O3S2. The Morgan fingerprint density at radius 2 is 1.72 bits per heavy atom. The Morgan fingerprint density at radius 1 is 1.10 bits per heavy atom. The van der Waals surface area contributed by atoms with E-state index in [0.717, 1.165) is 0 Å². The zero-order valence-electron chi connectivity index (χ0n) is 14.7. The lowest BCUT2D eigenvalue weighted by Crippen LogP contribution is -2.56. The van der Waals surface area contributed by atoms with Crippen LogP contribution in [0.1, 0.15) is 0 Å². The molecule has 0 unspecified atom stereocenters. The number of hydrogen-bond acceptors (Lipinski definition) is 4. The number of nitrogens with two attached hydrogens (primary N) is 1. The summed E-state index contributed by atoms with van der Waals surface area (Å²) in [5.74, 6) is 0.00958. The molecule has 0 spiro atoms. The third kappa shape index (κ3) is 8.33. The number of carbonyl (C=O) groups is 1. The highest BCUT2D eigenvalue weighted by molar-refractivity contribution is 7.82. The summed E-state index contributed by atoms with van der Waals surface area (Å²) in [5.41, 5.74) is 0.582. The first-order valence-corrected chi connectivity index (χ1v) is 10.8. The zero-order valence-corrected chi connectivity index (χ0v) is 18.6. The van der Waals surface area contributed by atoms with Crippen molar-refractivity contribution in [3.8, 4) is 5.75 Å². The van der Waals surface area contributed by atoms with Crippen molar-refractivity contribution in [2.24, 2.45) is 5.14 Å². The normalized spacial score (nSPS) is 13.1. The summed E-state index contributed by atoms with van der Waals surface area (Å²) < 4.78 is 14.7. The van der Waals surface area contributed by atoms with Gasteiger partial charge in [0.2, 0.25) is 3.79 Å². The molecule has 0 aliphatic heterocycles. The van der Waals surface area contributed by atoms with Crippen LogP contribution in [0, 0.1) is 0 Å². The largest absolute Gasteiger partial charge is 0.484 e. The van der Waals surface area contributed by atoms with Gasteiger partial charge in [-0.25, -0.2) is 9.35 Å². The van der Waals surface area contributed by atoms with Gasteiger partial charge in [-0.15, -0.1) is 0 Å². The van der Waals surface area contributed by atoms with E-state index in [0.29, 0.717) is 16.3 Å². The number of nitrogens with one attached hydrogen (secondary N) is 3. The van der Waals surface area contributed by atoms with E-state index < -0.39 is 26.9 Å². The number of ether oxygens (including phenoxy) is 1. The minimum Gasteiger partial charge on any atom is -0.484 e. The monoisotopic (exact) mass is 494 g/mol. The second-order valence-electron chi connectivity index (χ2n) is 5.56. The number of para-hydroxylation sites is 1. The Labute approximate surface area is 190 Å². The van der Waals surface area contributed by atoms with Crippen molar-refractivity contribution in [1.29, 1.82) is 0 Å². The molecule has 2 rings (SSSR count). The second-order valence-corrected chi connectivity index (χ2v) is 9.41. The van der Waals surface area contributed by atoms with Crippen LogP contribution < -0.4 is 25.8 Å². The number of anilines is 1. The molecule has 2 aromatic rings. The van der Waals surface area contributed by atoms with Crippen LogP contribution in [-0.4, -0.2) is 31.8 Å². The van der Waals surface area contributed by atoms with Gasteiger partial charge in [-0.3, -0.25) is 4.79 Å². The fraction of sp³-hybridized carbons (Fsp3) is 0.176. The molecule has 2 aromatic carbocycles. The van der Waals surface area contributed by atoms with Gasteiger partial charge in [0.15, 0.2) is 11.7 Å². The molecule has 0 fully saturated rings. The van der Waals surface area contributed by atoms with Gasteiger partial charge in [-0.05, 0) is 48.6 Å². The third-order valence-corrected chi connectivity index (χ3v) is 4.98. The average molecular weight is 496 g/mol. The van der Waals surface area contributed by atoms with E-state index in [1.165, 1.54) is 0 Å². The minimum absolute atomic E-state index is 0.0900. The molecule has 156 valence electrons. The lowest BCUT2D eigenvalue weighted by atomic mass is 10.3. The summed E-state index contributed by atoms with van der Waals surface area (Å²) in [7, 11) is -1.58. The number of thiocarbonyl (C=S) groups is 1. The summed E-state index contributed by atoms with van der Waals surface area (Å²) in [4.78, 5) is 12.6. The molecule has 7 nitrogen and oxygen atoms in total. The average Bonchev–Trinajstić information content (AvgIpc) is 2.66. The SMILES string of the molecule is N[S@@](=O)c1ccc(NC(=S)N[C@H](NC(=O)COc2ccccc2)C(Cl)(Cl)Cl)cc1. The van der Waals surface area contributed by atoms with Crippen LogP contribution in [0.15, 0.2) is 59.5 Å². The molecule has 0 aliphatic carbocycles. The molecule has 0 saturated carbocycles. The first kappa shape index (κ1) is 23.7. The molecule has 0 radical (unpaired) electrons. The molecule has 2 atom stereocenters. The number of amides is 1. The molecule has 0 saturated heterocycles. The van der Waals surface area contributed by atoms with Gasteiger partial charge >= 0.3 is 0 Å². The number of rotatable bonds is 7. The predicted molar refractivity (Wildman–Crippen MR) is 121 cm³/mol. The van der Waals surface area contributed by atoms with Gasteiger partial charge in [0.05, 0.1) is 4.90 Å². The maximum absolute atomic E-state index is 12.2. The lowest BCUT2D eigenvalue weighted by molar-refractivity contribution is -0.123. The van der Waals surface area contributed by atoms with Crippen LogP contribution in [0.5, 0.6) is 5.75 Å². The van der Waals surface area contributed by atoms with Crippen LogP contribution in [-0.2, 0) is 15.8 Å². The van der Waals surface area contributed by atoms with E-state index in [9.17, 15) is 9.00 Å². The highest BCUT2D eigenvalue weighted by Gasteiger charge is 2.34. The number of hydrogen-bond donors (Lipinski definition) is 4. The van der Waals surface area contributed by atoms with Crippen LogP contribution in [0.2, 0.25) is 0 Å². The number of benzene rings is 2. The van der Waals surface area contributed by atoms with Crippen molar-refractivity contribution < 1.29 is 13.7 Å². The Morgan fingerprint density at radius 3 is 2.28 bits per heavy atom. The molecule has 0 aliphatic rings. The van der Waals surface area contributed by atoms with Crippen LogP contribution in [0.4, 0.5) is 5.69 Å². The number of halogens is 3.